The van der Waals surface area contributed by atoms with Gasteiger partial charge in [-0.1, -0.05) is 104 Å². The molecule has 0 aliphatic heterocycles. The summed E-state index contributed by atoms with van der Waals surface area (Å²) in [6.07, 6.45) is 26.2. The molecule has 0 nitrogen and oxygen atoms in total. The van der Waals surface area contributed by atoms with E-state index in [1.54, 1.807) is 0 Å². The minimum absolute atomic E-state index is 0.169. The summed E-state index contributed by atoms with van der Waals surface area (Å²) in [6.45, 7) is 37.1. The van der Waals surface area contributed by atoms with Gasteiger partial charge in [-0.25, -0.2) is 0 Å². The predicted molar refractivity (Wildman–Crippen MR) is 339 cm³/mol. The average Bonchev–Trinajstić information content (AvgIpc) is 1.56. The Morgan fingerprint density at radius 2 is 0.815 bits per heavy atom. The monoisotopic (exact) mass is 1120 g/mol. The maximum Gasteiger partial charge on any atom is 0.0273 e. The minimum atomic E-state index is 0.169. The molecule has 18 bridgehead atoms. The quantitative estimate of drug-likeness (QED) is 0.216. The lowest BCUT2D eigenvalue weighted by Gasteiger charge is -2.51. The van der Waals surface area contributed by atoms with Crippen molar-refractivity contribution in [2.75, 3.05) is 0 Å². The van der Waals surface area contributed by atoms with Gasteiger partial charge in [0.25, 0.3) is 0 Å². The molecule has 0 aromatic carbocycles. The van der Waals surface area contributed by atoms with Crippen LogP contribution in [0.3, 0.4) is 0 Å². The molecule has 0 heteroatoms. The van der Waals surface area contributed by atoms with Crippen LogP contribution in [-0.4, -0.2) is 0 Å². The zero-order valence-corrected chi connectivity index (χ0v) is 55.2. The van der Waals surface area contributed by atoms with Crippen LogP contribution < -0.4 is 0 Å². The van der Waals surface area contributed by atoms with Gasteiger partial charge in [0.05, 0.1) is 0 Å². The molecule has 42 atom stereocenters. The molecular formula is C81H132. The lowest BCUT2D eigenvalue weighted by molar-refractivity contribution is -0.0318. The molecule has 18 fully saturated rings. The molecule has 18 aliphatic rings. The van der Waals surface area contributed by atoms with E-state index in [-0.39, 0.29) is 38.4 Å². The normalized spacial score (nSPS) is 66.7. The SMILES string of the molecule is [3H]C1C2CC(C1C1C3CC(C1C1C4CC(C1[3H])C(C)(C)C4)C(C)(C)C3)C(C)(C)C2.[3H]C1C2CC(CC2C(C)C)C1C1C2CC(CC2C(C)C)C1C1C([3H])C2CC(C(C)C)C1C2.[3H]C1C2CC(CC2C)C1C1C2CC(CC2C)C1C1C([3H])C2CC(C)C1C2. The summed E-state index contributed by atoms with van der Waals surface area (Å²) < 4.78 is 55.6. The van der Waals surface area contributed by atoms with Crippen LogP contribution in [0.15, 0.2) is 0 Å². The maximum atomic E-state index is 9.49. The molecule has 42 unspecified atom stereocenters. The van der Waals surface area contributed by atoms with E-state index in [9.17, 15) is 5.48 Å². The zero-order chi connectivity index (χ0) is 61.2. The average molecular weight is 1120 g/mol. The molecule has 18 aliphatic carbocycles. The molecule has 18 rings (SSSR count). The minimum Gasteiger partial charge on any atom is -0.0625 e. The van der Waals surface area contributed by atoms with Gasteiger partial charge in [-0.15, -0.1) is 0 Å². The second-order valence-electron chi connectivity index (χ2n) is 39.5. The first-order valence-electron chi connectivity index (χ1n) is 41.1. The first-order valence-corrected chi connectivity index (χ1v) is 37.6. The van der Waals surface area contributed by atoms with Crippen LogP contribution in [0.2, 0.25) is 0 Å². The second kappa shape index (κ2) is 19.7. The summed E-state index contributed by atoms with van der Waals surface area (Å²) in [5.41, 5.74) is 1.31. The highest BCUT2D eigenvalue weighted by Gasteiger charge is 2.68. The van der Waals surface area contributed by atoms with E-state index in [0.717, 1.165) is 160 Å². The highest BCUT2D eigenvalue weighted by Crippen LogP contribution is 2.76. The Bertz CT molecular complexity index is 2540. The number of fused-ring (bicyclic) bond motifs is 18. The first-order chi connectivity index (χ1) is 41.1. The molecule has 0 saturated heterocycles. The van der Waals surface area contributed by atoms with Crippen LogP contribution in [0.25, 0.3) is 0 Å². The lowest BCUT2D eigenvalue weighted by atomic mass is 9.53. The van der Waals surface area contributed by atoms with Crippen LogP contribution in [0.1, 0.15) is 266 Å². The molecule has 0 N–H and O–H groups in total. The van der Waals surface area contributed by atoms with Gasteiger partial charge in [0.1, 0.15) is 0 Å². The molecule has 0 heterocycles. The topological polar surface area (TPSA) is 0 Å². The van der Waals surface area contributed by atoms with E-state index in [4.69, 9.17) is 2.74 Å². The highest BCUT2D eigenvalue weighted by molar-refractivity contribution is 5.17. The molecule has 456 valence electrons. The Morgan fingerprint density at radius 3 is 1.46 bits per heavy atom. The zero-order valence-electron chi connectivity index (χ0n) is 61.2. The standard InChI is InChI=1S/C30H50.C27H44.C24H38/c1-15(2)22-11-20-10-19(22)12-25(20)30-28-14-21(13-24(28)17(5)6)29(30)27-9-18-7-23(16(3)4)26(27)8-18;1-25(2)13-16-9-18(25)11-19(16)24-22-10-17(14-27(22,5)6)23(24)20-7-15-8-21(20)26(3,4)12-15;1-12-5-17-9-16(12)10-21(17)24-20-11-18(6-14(20)3)23(24)22-8-15-4-13(2)19(22)7-15/h15-30H,7-14H2,1-6H3;15-24H,7-14H2,1-6H3;12-24H,4-11H2,1-3H3/i9T,12T;7T,11T;8T,10T. The van der Waals surface area contributed by atoms with Gasteiger partial charge in [-0.05, 0) is 401 Å². The van der Waals surface area contributed by atoms with E-state index in [2.05, 4.69) is 104 Å². The molecule has 0 radical (unpaired) electrons. The van der Waals surface area contributed by atoms with Crippen LogP contribution in [0.4, 0.5) is 0 Å². The van der Waals surface area contributed by atoms with Crippen molar-refractivity contribution >= 4 is 0 Å². The van der Waals surface area contributed by atoms with E-state index >= 15 is 0 Å². The Labute approximate surface area is 510 Å². The van der Waals surface area contributed by atoms with Gasteiger partial charge in [-0.3, -0.25) is 0 Å². The number of hydrogen-bond acceptors (Lipinski definition) is 0. The Hall–Kier alpha value is 0. The van der Waals surface area contributed by atoms with Crippen LogP contribution in [-0.2, 0) is 0 Å². The van der Waals surface area contributed by atoms with Crippen LogP contribution in [0, 0.1) is 247 Å². The Morgan fingerprint density at radius 1 is 0.284 bits per heavy atom. The summed E-state index contributed by atoms with van der Waals surface area (Å²) in [5.74, 6) is 30.5. The lowest BCUT2D eigenvalue weighted by Crippen LogP contribution is -2.45. The fourth-order valence-electron chi connectivity index (χ4n) is 31.2. The fourth-order valence-corrected chi connectivity index (χ4v) is 31.2. The summed E-state index contributed by atoms with van der Waals surface area (Å²) in [6, 6.07) is 0. The summed E-state index contributed by atoms with van der Waals surface area (Å²) >= 11 is 0. The van der Waals surface area contributed by atoms with Crippen LogP contribution in [0.5, 0.6) is 0 Å². The van der Waals surface area contributed by atoms with Crippen molar-refractivity contribution in [3.05, 3.63) is 0 Å². The van der Waals surface area contributed by atoms with Gasteiger partial charge >= 0.3 is 0 Å². The third kappa shape index (κ3) is 8.67. The molecule has 18 saturated carbocycles. The first kappa shape index (κ1) is 49.8. The molecule has 0 spiro atoms. The molecule has 0 amide bonds. The van der Waals surface area contributed by atoms with Gasteiger partial charge in [-0.2, -0.15) is 0 Å². The summed E-state index contributed by atoms with van der Waals surface area (Å²) in [4.78, 5) is 0. The van der Waals surface area contributed by atoms with Crippen molar-refractivity contribution in [2.24, 2.45) is 247 Å². The molecular weight excluding hydrogens is 973 g/mol. The van der Waals surface area contributed by atoms with Gasteiger partial charge in [0.2, 0.25) is 0 Å². The number of hydrogen-bond donors (Lipinski definition) is 0. The van der Waals surface area contributed by atoms with Crippen molar-refractivity contribution < 1.29 is 8.22 Å². The van der Waals surface area contributed by atoms with Crippen molar-refractivity contribution in [3.8, 4) is 0 Å². The van der Waals surface area contributed by atoms with Crippen LogP contribution >= 0.6 is 0 Å². The van der Waals surface area contributed by atoms with E-state index in [0.29, 0.717) is 87.3 Å². The highest BCUT2D eigenvalue weighted by atomic mass is 14.7. The van der Waals surface area contributed by atoms with Gasteiger partial charge in [0.15, 0.2) is 0 Å². The Kier molecular flexibility index (Phi) is 12.1. The fraction of sp³-hybridized carbons (Fsp3) is 1.00. The van der Waals surface area contributed by atoms with E-state index < -0.39 is 0 Å². The largest absolute Gasteiger partial charge is 0.0625 e. The van der Waals surface area contributed by atoms with Crippen molar-refractivity contribution in [2.45, 2.75) is 258 Å². The molecule has 0 aromatic rings. The van der Waals surface area contributed by atoms with Crippen molar-refractivity contribution in [1.82, 2.24) is 0 Å². The van der Waals surface area contributed by atoms with Gasteiger partial charge < -0.3 is 0 Å². The van der Waals surface area contributed by atoms with Crippen molar-refractivity contribution in [3.63, 3.8) is 0 Å². The van der Waals surface area contributed by atoms with E-state index in [1.807, 2.05) is 0 Å². The number of rotatable bonds is 9. The maximum absolute atomic E-state index is 9.49. The summed E-state index contributed by atoms with van der Waals surface area (Å²) in [5, 5.41) is 0. The van der Waals surface area contributed by atoms with Crippen molar-refractivity contribution in [1.29, 1.82) is 0 Å². The van der Waals surface area contributed by atoms with Gasteiger partial charge in [0, 0.05) is 8.22 Å². The molecule has 0 aromatic heterocycles. The third-order valence-electron chi connectivity index (χ3n) is 33.7. The molecule has 81 heavy (non-hydrogen) atoms. The summed E-state index contributed by atoms with van der Waals surface area (Å²) in [7, 11) is 0. The Balaban J connectivity index is 0.000000106. The third-order valence-corrected chi connectivity index (χ3v) is 33.7. The van der Waals surface area contributed by atoms with E-state index in [1.165, 1.54) is 116 Å². The second-order valence-corrected chi connectivity index (χ2v) is 39.5. The predicted octanol–water partition coefficient (Wildman–Crippen LogP) is 21.9. The smallest absolute Gasteiger partial charge is 0.0273 e.